The molecule has 0 bridgehead atoms. The molecule has 0 spiro atoms. The topological polar surface area (TPSA) is 80.5 Å². The molecular weight excluding hydrogens is 454 g/mol. The summed E-state index contributed by atoms with van der Waals surface area (Å²) < 4.78 is 1.89. The Morgan fingerprint density at radius 1 is 1.09 bits per heavy atom. The third-order valence-electron chi connectivity index (χ3n) is 5.00. The fraction of sp³-hybridized carbons (Fsp3) is 0.292. The molecule has 4 aromatic rings. The van der Waals surface area contributed by atoms with Gasteiger partial charge in [0.25, 0.3) is 5.56 Å². The van der Waals surface area contributed by atoms with Crippen LogP contribution in [0.4, 0.5) is 5.69 Å². The van der Waals surface area contributed by atoms with Crippen LogP contribution >= 0.6 is 23.1 Å². The SMILES string of the molecule is Cc1cccc(N(Cc2ccccc2)C(=O)CSc2nn3c(=O)c(C(C)(C)C)nnc3s2)c1. The molecule has 2 aromatic carbocycles. The summed E-state index contributed by atoms with van der Waals surface area (Å²) in [5, 5.41) is 12.7. The van der Waals surface area contributed by atoms with Gasteiger partial charge in [-0.1, -0.05) is 86.3 Å². The van der Waals surface area contributed by atoms with Gasteiger partial charge in [0.05, 0.1) is 12.3 Å². The molecule has 0 unspecified atom stereocenters. The van der Waals surface area contributed by atoms with Gasteiger partial charge in [-0.15, -0.1) is 15.3 Å². The first-order valence-corrected chi connectivity index (χ1v) is 12.3. The van der Waals surface area contributed by atoms with Crippen LogP contribution in [0.1, 0.15) is 37.6 Å². The van der Waals surface area contributed by atoms with E-state index < -0.39 is 5.41 Å². The van der Waals surface area contributed by atoms with E-state index in [0.717, 1.165) is 16.8 Å². The summed E-state index contributed by atoms with van der Waals surface area (Å²) in [6.07, 6.45) is 0. The van der Waals surface area contributed by atoms with Crippen molar-refractivity contribution >= 4 is 39.7 Å². The fourth-order valence-electron chi connectivity index (χ4n) is 3.31. The number of fused-ring (bicyclic) bond motifs is 1. The third kappa shape index (κ3) is 5.31. The number of benzene rings is 2. The molecule has 0 atom stereocenters. The van der Waals surface area contributed by atoms with Crippen LogP contribution in [-0.2, 0) is 16.8 Å². The number of hydrogen-bond donors (Lipinski definition) is 0. The Hall–Kier alpha value is -3.04. The van der Waals surface area contributed by atoms with Crippen molar-refractivity contribution < 1.29 is 4.79 Å². The standard InChI is InChI=1S/C24H25N5O2S2/c1-16-9-8-12-18(13-16)28(14-17-10-6-5-7-11-17)19(30)15-32-23-27-29-21(31)20(24(2,3)4)25-26-22(29)33-23/h5-13H,14-15H2,1-4H3. The second kappa shape index (κ2) is 9.44. The van der Waals surface area contributed by atoms with Crippen LogP contribution in [-0.4, -0.2) is 31.5 Å². The highest BCUT2D eigenvalue weighted by atomic mass is 32.2. The molecule has 7 nitrogen and oxygen atoms in total. The number of hydrogen-bond acceptors (Lipinski definition) is 7. The van der Waals surface area contributed by atoms with Crippen LogP contribution in [0.25, 0.3) is 4.96 Å². The van der Waals surface area contributed by atoms with Crippen molar-refractivity contribution in [3.05, 3.63) is 81.8 Å². The summed E-state index contributed by atoms with van der Waals surface area (Å²) >= 11 is 2.56. The number of anilines is 1. The first-order chi connectivity index (χ1) is 15.7. The van der Waals surface area contributed by atoms with Gasteiger partial charge < -0.3 is 4.90 Å². The summed E-state index contributed by atoms with van der Waals surface area (Å²) in [6, 6.07) is 17.8. The first-order valence-electron chi connectivity index (χ1n) is 10.5. The lowest BCUT2D eigenvalue weighted by atomic mass is 9.93. The minimum Gasteiger partial charge on any atom is -0.307 e. The third-order valence-corrected chi connectivity index (χ3v) is 7.02. The molecule has 1 amide bonds. The highest BCUT2D eigenvalue weighted by molar-refractivity contribution is 8.01. The lowest BCUT2D eigenvalue weighted by Crippen LogP contribution is -2.32. The second-order valence-electron chi connectivity index (χ2n) is 8.76. The van der Waals surface area contributed by atoms with Crippen molar-refractivity contribution in [1.29, 1.82) is 0 Å². The summed E-state index contributed by atoms with van der Waals surface area (Å²) in [5.41, 5.74) is 2.66. The zero-order valence-electron chi connectivity index (χ0n) is 19.0. The highest BCUT2D eigenvalue weighted by Crippen LogP contribution is 2.26. The first kappa shape index (κ1) is 23.1. The normalized spacial score (nSPS) is 11.6. The summed E-state index contributed by atoms with van der Waals surface area (Å²) in [5.74, 6) is 0.150. The van der Waals surface area contributed by atoms with Gasteiger partial charge in [0.1, 0.15) is 5.69 Å². The van der Waals surface area contributed by atoms with Gasteiger partial charge in [-0.2, -0.15) is 4.52 Å². The molecule has 170 valence electrons. The van der Waals surface area contributed by atoms with E-state index in [0.29, 0.717) is 21.5 Å². The van der Waals surface area contributed by atoms with Gasteiger partial charge in [0.15, 0.2) is 4.34 Å². The molecule has 2 heterocycles. The van der Waals surface area contributed by atoms with Crippen LogP contribution in [0, 0.1) is 6.92 Å². The zero-order valence-corrected chi connectivity index (χ0v) is 20.6. The zero-order chi connectivity index (χ0) is 23.6. The van der Waals surface area contributed by atoms with Crippen molar-refractivity contribution in [1.82, 2.24) is 19.8 Å². The molecule has 0 fully saturated rings. The molecule has 9 heteroatoms. The van der Waals surface area contributed by atoms with Gasteiger partial charge in [0.2, 0.25) is 10.9 Å². The predicted octanol–water partition coefficient (Wildman–Crippen LogP) is 4.48. The van der Waals surface area contributed by atoms with Crippen molar-refractivity contribution in [3.8, 4) is 0 Å². The van der Waals surface area contributed by atoms with E-state index in [1.165, 1.54) is 27.6 Å². The Bertz CT molecular complexity index is 1340. The summed E-state index contributed by atoms with van der Waals surface area (Å²) in [4.78, 5) is 28.3. The van der Waals surface area contributed by atoms with Crippen molar-refractivity contribution in [3.63, 3.8) is 0 Å². The number of amides is 1. The molecular formula is C24H25N5O2S2. The summed E-state index contributed by atoms with van der Waals surface area (Å²) in [7, 11) is 0. The Labute approximate surface area is 200 Å². The van der Waals surface area contributed by atoms with Crippen LogP contribution in [0.15, 0.2) is 63.7 Å². The maximum Gasteiger partial charge on any atom is 0.297 e. The summed E-state index contributed by atoms with van der Waals surface area (Å²) in [6.45, 7) is 8.23. The number of aromatic nitrogens is 4. The minimum atomic E-state index is -0.427. The number of carbonyl (C=O) groups excluding carboxylic acids is 1. The predicted molar refractivity (Wildman–Crippen MR) is 133 cm³/mol. The van der Waals surface area contributed by atoms with E-state index in [1.54, 1.807) is 4.90 Å². The Morgan fingerprint density at radius 3 is 2.55 bits per heavy atom. The number of carbonyl (C=O) groups is 1. The quantitative estimate of drug-likeness (QED) is 0.380. The molecule has 0 radical (unpaired) electrons. The lowest BCUT2D eigenvalue weighted by Gasteiger charge is -2.23. The van der Waals surface area contributed by atoms with Crippen LogP contribution < -0.4 is 10.5 Å². The van der Waals surface area contributed by atoms with E-state index >= 15 is 0 Å². The monoisotopic (exact) mass is 479 g/mol. The molecule has 0 saturated heterocycles. The molecule has 0 aliphatic carbocycles. The number of nitrogens with zero attached hydrogens (tertiary/aromatic N) is 5. The average Bonchev–Trinajstić information content (AvgIpc) is 3.20. The fourth-order valence-corrected chi connectivity index (χ4v) is 5.06. The number of aryl methyl sites for hydroxylation is 1. The van der Waals surface area contributed by atoms with Gasteiger partial charge in [0, 0.05) is 11.1 Å². The van der Waals surface area contributed by atoms with Gasteiger partial charge >= 0.3 is 0 Å². The molecule has 0 aliphatic rings. The molecule has 0 aliphatic heterocycles. The van der Waals surface area contributed by atoms with Crippen molar-refractivity contribution in [2.45, 2.75) is 44.0 Å². The Balaban J connectivity index is 1.56. The molecule has 0 N–H and O–H groups in total. The number of rotatable bonds is 6. The Kier molecular flexibility index (Phi) is 6.62. The second-order valence-corrected chi connectivity index (χ2v) is 10.9. The van der Waals surface area contributed by atoms with Crippen molar-refractivity contribution in [2.24, 2.45) is 0 Å². The highest BCUT2D eigenvalue weighted by Gasteiger charge is 2.24. The molecule has 2 aromatic heterocycles. The van der Waals surface area contributed by atoms with E-state index in [4.69, 9.17) is 0 Å². The average molecular weight is 480 g/mol. The van der Waals surface area contributed by atoms with Gasteiger partial charge in [-0.3, -0.25) is 9.59 Å². The molecule has 33 heavy (non-hydrogen) atoms. The van der Waals surface area contributed by atoms with E-state index in [9.17, 15) is 9.59 Å². The lowest BCUT2D eigenvalue weighted by molar-refractivity contribution is -0.116. The van der Waals surface area contributed by atoms with E-state index in [-0.39, 0.29) is 17.2 Å². The van der Waals surface area contributed by atoms with E-state index in [1.807, 2.05) is 82.3 Å². The largest absolute Gasteiger partial charge is 0.307 e. The van der Waals surface area contributed by atoms with Crippen LogP contribution in [0.2, 0.25) is 0 Å². The van der Waals surface area contributed by atoms with E-state index in [2.05, 4.69) is 15.3 Å². The van der Waals surface area contributed by atoms with Crippen molar-refractivity contribution in [2.75, 3.05) is 10.7 Å². The maximum atomic E-state index is 13.3. The Morgan fingerprint density at radius 2 is 1.85 bits per heavy atom. The van der Waals surface area contributed by atoms with Crippen LogP contribution in [0.5, 0.6) is 0 Å². The minimum absolute atomic E-state index is 0.0393. The molecule has 4 rings (SSSR count). The number of thioether (sulfide) groups is 1. The smallest absolute Gasteiger partial charge is 0.297 e. The molecule has 0 saturated carbocycles. The maximum absolute atomic E-state index is 13.3. The van der Waals surface area contributed by atoms with Crippen LogP contribution in [0.3, 0.4) is 0 Å². The van der Waals surface area contributed by atoms with Gasteiger partial charge in [-0.25, -0.2) is 0 Å². The van der Waals surface area contributed by atoms with Gasteiger partial charge in [-0.05, 0) is 30.2 Å².